The second kappa shape index (κ2) is 8.98. The number of carbonyl (C=O) groups is 1. The van der Waals surface area contributed by atoms with Gasteiger partial charge in [-0.1, -0.05) is 78.3 Å². The molecule has 5 rings (SSSR count). The lowest BCUT2D eigenvalue weighted by atomic mass is 9.63. The molecule has 0 radical (unpaired) electrons. The molecule has 0 bridgehead atoms. The van der Waals surface area contributed by atoms with Crippen LogP contribution in [-0.4, -0.2) is 18.9 Å². The summed E-state index contributed by atoms with van der Waals surface area (Å²) in [6.45, 7) is 5.51. The Bertz CT molecular complexity index is 1100. The highest BCUT2D eigenvalue weighted by molar-refractivity contribution is 9.10. The number of benzene rings is 3. The van der Waals surface area contributed by atoms with Crippen molar-refractivity contribution < 1.29 is 4.79 Å². The molecule has 4 atom stereocenters. The summed E-state index contributed by atoms with van der Waals surface area (Å²) in [5.74, 6) is 0.332. The van der Waals surface area contributed by atoms with E-state index in [2.05, 4.69) is 125 Å². The summed E-state index contributed by atoms with van der Waals surface area (Å²) in [5.41, 5.74) is 3.77. The minimum Gasteiger partial charge on any atom is -0.347 e. The normalized spacial score (nSPS) is 26.5. The molecule has 2 fully saturated rings. The zero-order valence-electron chi connectivity index (χ0n) is 19.3. The molecule has 1 aliphatic carbocycles. The summed E-state index contributed by atoms with van der Waals surface area (Å²) in [6.07, 6.45) is 3.29. The Hall–Kier alpha value is -2.59. The SMILES string of the molecule is CC1(C)CC(C=O)C2CN(c3ccccc3)C(c3cccc(Br)c3)N(c3ccccc3)C2C1. The first-order chi connectivity index (χ1) is 16.0. The molecule has 0 amide bonds. The Labute approximate surface area is 205 Å². The number of para-hydroxylation sites is 2. The third-order valence-corrected chi connectivity index (χ3v) is 7.87. The van der Waals surface area contributed by atoms with Crippen LogP contribution in [0.4, 0.5) is 11.4 Å². The molecule has 1 heterocycles. The Balaban J connectivity index is 1.72. The van der Waals surface area contributed by atoms with Crippen molar-refractivity contribution in [1.82, 2.24) is 0 Å². The van der Waals surface area contributed by atoms with E-state index in [1.807, 2.05) is 0 Å². The number of halogens is 1. The molecule has 1 aliphatic heterocycles. The predicted octanol–water partition coefficient (Wildman–Crippen LogP) is 7.09. The maximum Gasteiger partial charge on any atom is 0.128 e. The van der Waals surface area contributed by atoms with Crippen molar-refractivity contribution in [3.05, 3.63) is 95.0 Å². The highest BCUT2D eigenvalue weighted by Gasteiger charge is 2.50. The molecule has 4 unspecified atom stereocenters. The lowest BCUT2D eigenvalue weighted by molar-refractivity contribution is -0.115. The van der Waals surface area contributed by atoms with Crippen LogP contribution >= 0.6 is 15.9 Å². The lowest BCUT2D eigenvalue weighted by Gasteiger charge is -2.59. The van der Waals surface area contributed by atoms with Crippen molar-refractivity contribution >= 4 is 33.6 Å². The molecule has 3 nitrogen and oxygen atoms in total. The van der Waals surface area contributed by atoms with Gasteiger partial charge < -0.3 is 14.6 Å². The number of rotatable bonds is 4. The summed E-state index contributed by atoms with van der Waals surface area (Å²) in [6, 6.07) is 30.4. The third kappa shape index (κ3) is 4.33. The largest absolute Gasteiger partial charge is 0.347 e. The van der Waals surface area contributed by atoms with Crippen molar-refractivity contribution in [1.29, 1.82) is 0 Å². The molecule has 2 aliphatic rings. The van der Waals surface area contributed by atoms with Crippen LogP contribution in [0.2, 0.25) is 0 Å². The topological polar surface area (TPSA) is 23.6 Å². The predicted molar refractivity (Wildman–Crippen MR) is 139 cm³/mol. The van der Waals surface area contributed by atoms with Gasteiger partial charge in [0.05, 0.1) is 0 Å². The van der Waals surface area contributed by atoms with Gasteiger partial charge in [-0.05, 0) is 60.2 Å². The zero-order valence-corrected chi connectivity index (χ0v) is 20.9. The van der Waals surface area contributed by atoms with Crippen LogP contribution in [0.5, 0.6) is 0 Å². The number of hydrogen-bond donors (Lipinski definition) is 0. The van der Waals surface area contributed by atoms with Gasteiger partial charge in [0.15, 0.2) is 0 Å². The van der Waals surface area contributed by atoms with E-state index in [1.165, 1.54) is 23.2 Å². The Morgan fingerprint density at radius 2 is 1.55 bits per heavy atom. The standard InChI is InChI=1S/C29H31BrN2O/c1-29(2)17-22(20-33)26-19-31(24-12-5-3-6-13-24)28(21-10-9-11-23(30)16-21)32(27(26)18-29)25-14-7-4-8-15-25/h3-16,20,22,26-28H,17-19H2,1-2H3. The first-order valence-electron chi connectivity index (χ1n) is 11.8. The second-order valence-electron chi connectivity index (χ2n) is 10.3. The molecule has 1 saturated heterocycles. The van der Waals surface area contributed by atoms with Crippen LogP contribution in [0, 0.1) is 17.3 Å². The highest BCUT2D eigenvalue weighted by Crippen LogP contribution is 2.51. The monoisotopic (exact) mass is 502 g/mol. The number of carbonyl (C=O) groups excluding carboxylic acids is 1. The molecule has 170 valence electrons. The maximum absolute atomic E-state index is 12.3. The Kier molecular flexibility index (Phi) is 6.05. The minimum absolute atomic E-state index is 0.0368. The molecule has 1 saturated carbocycles. The van der Waals surface area contributed by atoms with Crippen LogP contribution in [0.3, 0.4) is 0 Å². The summed E-state index contributed by atoms with van der Waals surface area (Å²) in [5, 5.41) is 0. The van der Waals surface area contributed by atoms with E-state index in [1.54, 1.807) is 0 Å². The highest BCUT2D eigenvalue weighted by atomic mass is 79.9. The van der Waals surface area contributed by atoms with Crippen molar-refractivity contribution in [2.24, 2.45) is 17.3 Å². The fourth-order valence-electron chi connectivity index (χ4n) is 6.05. The fourth-order valence-corrected chi connectivity index (χ4v) is 6.47. The van der Waals surface area contributed by atoms with Crippen LogP contribution in [0.25, 0.3) is 0 Å². The lowest BCUT2D eigenvalue weighted by Crippen LogP contribution is -2.62. The Morgan fingerprint density at radius 3 is 2.18 bits per heavy atom. The van der Waals surface area contributed by atoms with E-state index in [0.29, 0.717) is 0 Å². The minimum atomic E-state index is 0.0368. The number of fused-ring (bicyclic) bond motifs is 1. The quantitative estimate of drug-likeness (QED) is 0.355. The third-order valence-electron chi connectivity index (χ3n) is 7.38. The van der Waals surface area contributed by atoms with Gasteiger partial charge in [0.2, 0.25) is 0 Å². The van der Waals surface area contributed by atoms with Crippen molar-refractivity contribution in [3.63, 3.8) is 0 Å². The molecule has 3 aromatic carbocycles. The number of aldehydes is 1. The van der Waals surface area contributed by atoms with Gasteiger partial charge in [-0.25, -0.2) is 0 Å². The second-order valence-corrected chi connectivity index (χ2v) is 11.2. The zero-order chi connectivity index (χ0) is 23.0. The number of nitrogens with zero attached hydrogens (tertiary/aromatic N) is 2. The van der Waals surface area contributed by atoms with Gasteiger partial charge in [-0.3, -0.25) is 0 Å². The van der Waals surface area contributed by atoms with E-state index in [-0.39, 0.29) is 29.5 Å². The smallest absolute Gasteiger partial charge is 0.128 e. The molecule has 33 heavy (non-hydrogen) atoms. The number of anilines is 2. The van der Waals surface area contributed by atoms with Crippen LogP contribution in [0.1, 0.15) is 38.4 Å². The van der Waals surface area contributed by atoms with Gasteiger partial charge in [0.25, 0.3) is 0 Å². The first kappa shape index (κ1) is 22.2. The van der Waals surface area contributed by atoms with E-state index in [0.717, 1.165) is 23.9 Å². The van der Waals surface area contributed by atoms with Crippen molar-refractivity contribution in [2.75, 3.05) is 16.3 Å². The van der Waals surface area contributed by atoms with Crippen LogP contribution < -0.4 is 9.80 Å². The van der Waals surface area contributed by atoms with E-state index in [4.69, 9.17) is 0 Å². The molecule has 0 aromatic heterocycles. The van der Waals surface area contributed by atoms with Crippen molar-refractivity contribution in [2.45, 2.75) is 38.9 Å². The summed E-state index contributed by atoms with van der Waals surface area (Å²) >= 11 is 3.71. The van der Waals surface area contributed by atoms with Gasteiger partial charge in [-0.2, -0.15) is 0 Å². The van der Waals surface area contributed by atoms with Gasteiger partial charge in [0.1, 0.15) is 12.5 Å². The van der Waals surface area contributed by atoms with Crippen LogP contribution in [0.15, 0.2) is 89.4 Å². The summed E-state index contributed by atoms with van der Waals surface area (Å²) in [7, 11) is 0. The number of hydrogen-bond acceptors (Lipinski definition) is 3. The molecule has 4 heteroatoms. The van der Waals surface area contributed by atoms with Gasteiger partial charge >= 0.3 is 0 Å². The molecular formula is C29H31BrN2O. The molecule has 0 N–H and O–H groups in total. The average molecular weight is 503 g/mol. The van der Waals surface area contributed by atoms with Crippen molar-refractivity contribution in [3.8, 4) is 0 Å². The molecular weight excluding hydrogens is 472 g/mol. The van der Waals surface area contributed by atoms with Gasteiger partial charge in [0, 0.05) is 40.3 Å². The first-order valence-corrected chi connectivity index (χ1v) is 12.6. The van der Waals surface area contributed by atoms with E-state index >= 15 is 0 Å². The summed E-state index contributed by atoms with van der Waals surface area (Å²) < 4.78 is 1.08. The fraction of sp³-hybridized carbons (Fsp3) is 0.345. The maximum atomic E-state index is 12.3. The van der Waals surface area contributed by atoms with E-state index < -0.39 is 0 Å². The summed E-state index contributed by atoms with van der Waals surface area (Å²) in [4.78, 5) is 17.4. The van der Waals surface area contributed by atoms with E-state index in [9.17, 15) is 4.79 Å². The average Bonchev–Trinajstić information content (AvgIpc) is 2.83. The van der Waals surface area contributed by atoms with Gasteiger partial charge in [-0.15, -0.1) is 0 Å². The Morgan fingerprint density at radius 1 is 0.879 bits per heavy atom. The molecule has 3 aromatic rings. The van der Waals surface area contributed by atoms with Crippen LogP contribution in [-0.2, 0) is 4.79 Å². The molecule has 0 spiro atoms.